The van der Waals surface area contributed by atoms with Crippen molar-refractivity contribution in [1.29, 1.82) is 0 Å². The SMILES string of the molecule is CCN(CC)S(=O)(=O)c1ccc(C(C)NC(=O)NCc2cccc(OC)c2OC)cc1. The molecule has 9 heteroatoms. The molecule has 0 fully saturated rings. The molecular formula is C22H31N3O5S. The quantitative estimate of drug-likeness (QED) is 0.580. The van der Waals surface area contributed by atoms with Gasteiger partial charge in [0.1, 0.15) is 0 Å². The Balaban J connectivity index is 2.01. The van der Waals surface area contributed by atoms with Crippen molar-refractivity contribution in [3.05, 3.63) is 53.6 Å². The average Bonchev–Trinajstić information content (AvgIpc) is 2.77. The van der Waals surface area contributed by atoms with Gasteiger partial charge in [-0.3, -0.25) is 0 Å². The molecule has 2 rings (SSSR count). The van der Waals surface area contributed by atoms with Crippen LogP contribution in [-0.2, 0) is 16.6 Å². The topological polar surface area (TPSA) is 97.0 Å². The summed E-state index contributed by atoms with van der Waals surface area (Å²) in [6, 6.07) is 11.4. The minimum absolute atomic E-state index is 0.238. The van der Waals surface area contributed by atoms with Crippen molar-refractivity contribution in [3.8, 4) is 11.5 Å². The van der Waals surface area contributed by atoms with Crippen LogP contribution in [0.25, 0.3) is 0 Å². The number of amides is 2. The van der Waals surface area contributed by atoms with E-state index < -0.39 is 10.0 Å². The van der Waals surface area contributed by atoms with Gasteiger partial charge in [0.2, 0.25) is 10.0 Å². The summed E-state index contributed by atoms with van der Waals surface area (Å²) in [6.45, 7) is 6.54. The standard InChI is InChI=1S/C22H31N3O5S/c1-6-25(7-2)31(27,28)19-13-11-17(12-14-19)16(3)24-22(26)23-15-18-9-8-10-20(29-4)21(18)30-5/h8-14,16H,6-7,15H2,1-5H3,(H2,23,24,26). The minimum atomic E-state index is -3.51. The molecule has 170 valence electrons. The van der Waals surface area contributed by atoms with Gasteiger partial charge >= 0.3 is 6.03 Å². The molecule has 0 heterocycles. The molecule has 1 atom stereocenters. The van der Waals surface area contributed by atoms with Gasteiger partial charge in [-0.2, -0.15) is 4.31 Å². The Bertz CT molecular complexity index is 973. The van der Waals surface area contributed by atoms with Gasteiger partial charge in [-0.25, -0.2) is 13.2 Å². The van der Waals surface area contributed by atoms with E-state index in [1.807, 2.05) is 19.1 Å². The lowest BCUT2D eigenvalue weighted by atomic mass is 10.1. The number of benzene rings is 2. The van der Waals surface area contributed by atoms with Crippen LogP contribution in [0.3, 0.4) is 0 Å². The zero-order valence-electron chi connectivity index (χ0n) is 18.6. The van der Waals surface area contributed by atoms with Gasteiger partial charge in [0, 0.05) is 25.2 Å². The molecule has 0 spiro atoms. The fourth-order valence-electron chi connectivity index (χ4n) is 3.24. The fraction of sp³-hybridized carbons (Fsp3) is 0.409. The van der Waals surface area contributed by atoms with E-state index in [0.717, 1.165) is 11.1 Å². The summed E-state index contributed by atoms with van der Waals surface area (Å²) in [5.41, 5.74) is 1.59. The predicted molar refractivity (Wildman–Crippen MR) is 120 cm³/mol. The first-order chi connectivity index (χ1) is 14.8. The Morgan fingerprint density at radius 1 is 1.03 bits per heavy atom. The van der Waals surface area contributed by atoms with Crippen molar-refractivity contribution in [3.63, 3.8) is 0 Å². The largest absolute Gasteiger partial charge is 0.493 e. The van der Waals surface area contributed by atoms with Gasteiger partial charge in [0.05, 0.1) is 25.2 Å². The molecule has 0 saturated carbocycles. The zero-order valence-corrected chi connectivity index (χ0v) is 19.5. The minimum Gasteiger partial charge on any atom is -0.493 e. The van der Waals surface area contributed by atoms with Gasteiger partial charge in [-0.1, -0.05) is 38.1 Å². The molecule has 1 unspecified atom stereocenters. The van der Waals surface area contributed by atoms with E-state index in [9.17, 15) is 13.2 Å². The van der Waals surface area contributed by atoms with Gasteiger partial charge in [-0.05, 0) is 30.7 Å². The molecular weight excluding hydrogens is 418 g/mol. The number of sulfonamides is 1. The summed E-state index contributed by atoms with van der Waals surface area (Å²) in [5.74, 6) is 1.17. The molecule has 2 N–H and O–H groups in total. The van der Waals surface area contributed by atoms with Crippen LogP contribution in [0, 0.1) is 0 Å². The number of para-hydroxylation sites is 1. The lowest BCUT2D eigenvalue weighted by Gasteiger charge is -2.19. The highest BCUT2D eigenvalue weighted by Crippen LogP contribution is 2.30. The number of rotatable bonds is 10. The second kappa shape index (κ2) is 11.0. The average molecular weight is 450 g/mol. The number of urea groups is 1. The molecule has 0 radical (unpaired) electrons. The number of carbonyl (C=O) groups excluding carboxylic acids is 1. The highest BCUT2D eigenvalue weighted by Gasteiger charge is 2.21. The van der Waals surface area contributed by atoms with Crippen LogP contribution >= 0.6 is 0 Å². The molecule has 8 nitrogen and oxygen atoms in total. The smallest absolute Gasteiger partial charge is 0.315 e. The van der Waals surface area contributed by atoms with Crippen LogP contribution in [-0.4, -0.2) is 46.1 Å². The number of ether oxygens (including phenoxy) is 2. The number of nitrogens with one attached hydrogen (secondary N) is 2. The van der Waals surface area contributed by atoms with Gasteiger partial charge in [-0.15, -0.1) is 0 Å². The van der Waals surface area contributed by atoms with E-state index in [4.69, 9.17) is 9.47 Å². The van der Waals surface area contributed by atoms with Crippen LogP contribution < -0.4 is 20.1 Å². The second-order valence-corrected chi connectivity index (χ2v) is 8.80. The van der Waals surface area contributed by atoms with Crippen molar-refractivity contribution in [1.82, 2.24) is 14.9 Å². The van der Waals surface area contributed by atoms with E-state index in [1.165, 1.54) is 4.31 Å². The molecule has 0 aromatic heterocycles. The van der Waals surface area contributed by atoms with Gasteiger partial charge in [0.25, 0.3) is 0 Å². The lowest BCUT2D eigenvalue weighted by Crippen LogP contribution is -2.36. The highest BCUT2D eigenvalue weighted by molar-refractivity contribution is 7.89. The molecule has 0 saturated heterocycles. The van der Waals surface area contributed by atoms with Crippen molar-refractivity contribution >= 4 is 16.1 Å². The fourth-order valence-corrected chi connectivity index (χ4v) is 4.70. The number of carbonyl (C=O) groups is 1. The Kier molecular flexibility index (Phi) is 8.70. The summed E-state index contributed by atoms with van der Waals surface area (Å²) >= 11 is 0. The maximum Gasteiger partial charge on any atom is 0.315 e. The first-order valence-electron chi connectivity index (χ1n) is 10.1. The molecule has 2 amide bonds. The highest BCUT2D eigenvalue weighted by atomic mass is 32.2. The van der Waals surface area contributed by atoms with Crippen LogP contribution in [0.15, 0.2) is 47.4 Å². The number of hydrogen-bond acceptors (Lipinski definition) is 5. The van der Waals surface area contributed by atoms with Crippen molar-refractivity contribution in [2.75, 3.05) is 27.3 Å². The summed E-state index contributed by atoms with van der Waals surface area (Å²) in [6.07, 6.45) is 0. The van der Waals surface area contributed by atoms with Crippen molar-refractivity contribution in [2.45, 2.75) is 38.3 Å². The first kappa shape index (κ1) is 24.5. The van der Waals surface area contributed by atoms with Gasteiger partial charge in [0.15, 0.2) is 11.5 Å². The Labute approximate surface area is 184 Å². The second-order valence-electron chi connectivity index (χ2n) is 6.86. The molecule has 2 aromatic carbocycles. The molecule has 31 heavy (non-hydrogen) atoms. The molecule has 2 aromatic rings. The summed E-state index contributed by atoms with van der Waals surface area (Å²) in [5, 5.41) is 5.66. The number of methoxy groups -OCH3 is 2. The normalized spacial score (nSPS) is 12.3. The Morgan fingerprint density at radius 3 is 2.23 bits per heavy atom. The predicted octanol–water partition coefficient (Wildman–Crippen LogP) is 3.29. The van der Waals surface area contributed by atoms with Crippen molar-refractivity contribution < 1.29 is 22.7 Å². The number of hydrogen-bond donors (Lipinski definition) is 2. The van der Waals surface area contributed by atoms with Crippen LogP contribution in [0.5, 0.6) is 11.5 Å². The Hall–Kier alpha value is -2.78. The van der Waals surface area contributed by atoms with Crippen LogP contribution in [0.2, 0.25) is 0 Å². The van der Waals surface area contributed by atoms with E-state index in [2.05, 4.69) is 10.6 Å². The third kappa shape index (κ3) is 5.89. The third-order valence-electron chi connectivity index (χ3n) is 4.99. The molecule has 0 bridgehead atoms. The molecule has 0 aliphatic heterocycles. The number of nitrogens with zero attached hydrogens (tertiary/aromatic N) is 1. The summed E-state index contributed by atoms with van der Waals surface area (Å²) in [4.78, 5) is 12.6. The first-order valence-corrected chi connectivity index (χ1v) is 11.6. The summed E-state index contributed by atoms with van der Waals surface area (Å²) in [7, 11) is -0.400. The zero-order chi connectivity index (χ0) is 23.0. The van der Waals surface area contributed by atoms with Crippen molar-refractivity contribution in [2.24, 2.45) is 0 Å². The van der Waals surface area contributed by atoms with Crippen LogP contribution in [0.4, 0.5) is 4.79 Å². The van der Waals surface area contributed by atoms with E-state index >= 15 is 0 Å². The van der Waals surface area contributed by atoms with E-state index in [-0.39, 0.29) is 23.5 Å². The monoisotopic (exact) mass is 449 g/mol. The molecule has 0 aliphatic rings. The summed E-state index contributed by atoms with van der Waals surface area (Å²) < 4.78 is 37.2. The van der Waals surface area contributed by atoms with Gasteiger partial charge < -0.3 is 20.1 Å². The maximum atomic E-state index is 12.6. The maximum absolute atomic E-state index is 12.6. The van der Waals surface area contributed by atoms with E-state index in [0.29, 0.717) is 24.6 Å². The third-order valence-corrected chi connectivity index (χ3v) is 7.06. The lowest BCUT2D eigenvalue weighted by molar-refractivity contribution is 0.237. The molecule has 0 aliphatic carbocycles. The van der Waals surface area contributed by atoms with E-state index in [1.54, 1.807) is 58.4 Å². The Morgan fingerprint density at radius 2 is 1.68 bits per heavy atom. The van der Waals surface area contributed by atoms with Crippen LogP contribution in [0.1, 0.15) is 37.9 Å².